The lowest BCUT2D eigenvalue weighted by Crippen LogP contribution is -2.30. The zero-order chi connectivity index (χ0) is 13.3. The van der Waals surface area contributed by atoms with Crippen molar-refractivity contribution >= 4 is 17.5 Å². The van der Waals surface area contributed by atoms with Crippen LogP contribution in [0.25, 0.3) is 0 Å². The molecule has 1 heterocycles. The van der Waals surface area contributed by atoms with Gasteiger partial charge in [0.2, 0.25) is 11.8 Å². The summed E-state index contributed by atoms with van der Waals surface area (Å²) in [4.78, 5) is 25.3. The van der Waals surface area contributed by atoms with E-state index < -0.39 is 0 Å². The number of anilines is 1. The van der Waals surface area contributed by atoms with E-state index in [1.807, 2.05) is 26.0 Å². The second-order valence-electron chi connectivity index (χ2n) is 4.87. The van der Waals surface area contributed by atoms with Crippen molar-refractivity contribution in [2.24, 2.45) is 5.92 Å². The molecule has 1 unspecified atom stereocenters. The topological polar surface area (TPSA) is 49.4 Å². The number of benzene rings is 1. The minimum absolute atomic E-state index is 0.0219. The molecule has 0 aliphatic carbocycles. The Morgan fingerprint density at radius 3 is 2.44 bits per heavy atom. The summed E-state index contributed by atoms with van der Waals surface area (Å²) in [5.74, 6) is -0.271. The molecule has 1 aliphatic rings. The van der Waals surface area contributed by atoms with E-state index in [0.29, 0.717) is 13.0 Å². The third-order valence-electron chi connectivity index (χ3n) is 3.26. The molecule has 0 bridgehead atoms. The number of hydrogen-bond donors (Lipinski definition) is 1. The van der Waals surface area contributed by atoms with Crippen LogP contribution in [0.2, 0.25) is 0 Å². The highest BCUT2D eigenvalue weighted by molar-refractivity contribution is 6.00. The molecule has 96 valence electrons. The smallest absolute Gasteiger partial charge is 0.227 e. The third kappa shape index (κ3) is 2.37. The van der Waals surface area contributed by atoms with Crippen molar-refractivity contribution in [3.8, 4) is 0 Å². The summed E-state index contributed by atoms with van der Waals surface area (Å²) in [6, 6.07) is 6.04. The quantitative estimate of drug-likeness (QED) is 0.857. The molecular weight excluding hydrogens is 228 g/mol. The standard InChI is InChI=1S/C14H18N2O2/c1-9-4-10(2)6-12(5-9)16-8-11(7-13(16)17)14(18)15-3/h4-6,11H,7-8H2,1-3H3,(H,15,18). The van der Waals surface area contributed by atoms with E-state index in [4.69, 9.17) is 0 Å². The van der Waals surface area contributed by atoms with Crippen molar-refractivity contribution in [2.75, 3.05) is 18.5 Å². The first-order chi connectivity index (χ1) is 8.51. The van der Waals surface area contributed by atoms with Gasteiger partial charge in [-0.05, 0) is 37.1 Å². The highest BCUT2D eigenvalue weighted by atomic mass is 16.2. The van der Waals surface area contributed by atoms with Crippen LogP contribution in [0.1, 0.15) is 17.5 Å². The van der Waals surface area contributed by atoms with Gasteiger partial charge >= 0.3 is 0 Å². The maximum atomic E-state index is 12.0. The lowest BCUT2D eigenvalue weighted by Gasteiger charge is -2.17. The van der Waals surface area contributed by atoms with Crippen molar-refractivity contribution in [3.63, 3.8) is 0 Å². The highest BCUT2D eigenvalue weighted by Gasteiger charge is 2.34. The molecule has 1 aromatic rings. The number of amides is 2. The monoisotopic (exact) mass is 246 g/mol. The molecule has 1 atom stereocenters. The molecule has 1 saturated heterocycles. The second-order valence-corrected chi connectivity index (χ2v) is 4.87. The second kappa shape index (κ2) is 4.80. The van der Waals surface area contributed by atoms with E-state index in [1.54, 1.807) is 11.9 Å². The molecule has 4 heteroatoms. The number of aryl methyl sites for hydroxylation is 2. The predicted octanol–water partition coefficient (Wildman–Crippen LogP) is 1.40. The molecule has 0 radical (unpaired) electrons. The van der Waals surface area contributed by atoms with Gasteiger partial charge in [-0.25, -0.2) is 0 Å². The summed E-state index contributed by atoms with van der Waals surface area (Å²) in [6.45, 7) is 4.49. The Balaban J connectivity index is 2.24. The molecule has 2 rings (SSSR count). The van der Waals surface area contributed by atoms with E-state index in [-0.39, 0.29) is 17.7 Å². The number of rotatable bonds is 2. The van der Waals surface area contributed by atoms with Crippen LogP contribution in [-0.4, -0.2) is 25.4 Å². The van der Waals surface area contributed by atoms with Gasteiger partial charge in [0.05, 0.1) is 5.92 Å². The van der Waals surface area contributed by atoms with Gasteiger partial charge in [-0.3, -0.25) is 9.59 Å². The summed E-state index contributed by atoms with van der Waals surface area (Å²) >= 11 is 0. The molecule has 0 aromatic heterocycles. The van der Waals surface area contributed by atoms with E-state index >= 15 is 0 Å². The van der Waals surface area contributed by atoms with Crippen molar-refractivity contribution in [1.82, 2.24) is 5.32 Å². The largest absolute Gasteiger partial charge is 0.359 e. The summed E-state index contributed by atoms with van der Waals surface area (Å²) < 4.78 is 0. The molecular formula is C14H18N2O2. The molecule has 4 nitrogen and oxygen atoms in total. The molecule has 0 saturated carbocycles. The fraction of sp³-hybridized carbons (Fsp3) is 0.429. The average Bonchev–Trinajstić information content (AvgIpc) is 2.69. The van der Waals surface area contributed by atoms with Crippen LogP contribution in [0.4, 0.5) is 5.69 Å². The van der Waals surface area contributed by atoms with Crippen LogP contribution in [0.15, 0.2) is 18.2 Å². The normalized spacial score (nSPS) is 19.2. The first-order valence-electron chi connectivity index (χ1n) is 6.11. The van der Waals surface area contributed by atoms with Gasteiger partial charge < -0.3 is 10.2 Å². The number of nitrogens with zero attached hydrogens (tertiary/aromatic N) is 1. The predicted molar refractivity (Wildman–Crippen MR) is 70.4 cm³/mol. The lowest BCUT2D eigenvalue weighted by atomic mass is 10.1. The Kier molecular flexibility index (Phi) is 3.36. The zero-order valence-electron chi connectivity index (χ0n) is 11.0. The average molecular weight is 246 g/mol. The summed E-state index contributed by atoms with van der Waals surface area (Å²) in [7, 11) is 1.60. The van der Waals surface area contributed by atoms with Crippen LogP contribution < -0.4 is 10.2 Å². The van der Waals surface area contributed by atoms with Crippen molar-refractivity contribution in [1.29, 1.82) is 0 Å². The van der Waals surface area contributed by atoms with Gasteiger partial charge in [-0.1, -0.05) is 6.07 Å². The highest BCUT2D eigenvalue weighted by Crippen LogP contribution is 2.26. The Morgan fingerprint density at radius 2 is 1.89 bits per heavy atom. The molecule has 1 fully saturated rings. The van der Waals surface area contributed by atoms with Gasteiger partial charge in [-0.2, -0.15) is 0 Å². The summed E-state index contributed by atoms with van der Waals surface area (Å²) in [5, 5.41) is 2.60. The van der Waals surface area contributed by atoms with Gasteiger partial charge in [0.15, 0.2) is 0 Å². The first kappa shape index (κ1) is 12.6. The number of hydrogen-bond acceptors (Lipinski definition) is 2. The summed E-state index contributed by atoms with van der Waals surface area (Å²) in [5.41, 5.74) is 3.14. The molecule has 0 spiro atoms. The molecule has 2 amide bonds. The van der Waals surface area contributed by atoms with Gasteiger partial charge in [0.25, 0.3) is 0 Å². The number of nitrogens with one attached hydrogen (secondary N) is 1. The number of carbonyl (C=O) groups is 2. The van der Waals surface area contributed by atoms with Crippen molar-refractivity contribution in [3.05, 3.63) is 29.3 Å². The SMILES string of the molecule is CNC(=O)C1CC(=O)N(c2cc(C)cc(C)c2)C1. The van der Waals surface area contributed by atoms with Crippen LogP contribution in [0.3, 0.4) is 0 Å². The molecule has 18 heavy (non-hydrogen) atoms. The maximum Gasteiger partial charge on any atom is 0.227 e. The number of carbonyl (C=O) groups excluding carboxylic acids is 2. The first-order valence-corrected chi connectivity index (χ1v) is 6.11. The minimum Gasteiger partial charge on any atom is -0.359 e. The van der Waals surface area contributed by atoms with Gasteiger partial charge in [0.1, 0.15) is 0 Å². The van der Waals surface area contributed by atoms with Crippen LogP contribution >= 0.6 is 0 Å². The maximum absolute atomic E-state index is 12.0. The van der Waals surface area contributed by atoms with Gasteiger partial charge in [-0.15, -0.1) is 0 Å². The van der Waals surface area contributed by atoms with Crippen LogP contribution in [0, 0.1) is 19.8 Å². The molecule has 1 N–H and O–H groups in total. The van der Waals surface area contributed by atoms with E-state index in [0.717, 1.165) is 16.8 Å². The Hall–Kier alpha value is -1.84. The minimum atomic E-state index is -0.233. The molecule has 1 aromatic carbocycles. The molecule has 1 aliphatic heterocycles. The van der Waals surface area contributed by atoms with Crippen molar-refractivity contribution < 1.29 is 9.59 Å². The Bertz CT molecular complexity index is 476. The van der Waals surface area contributed by atoms with Crippen LogP contribution in [-0.2, 0) is 9.59 Å². The van der Waals surface area contributed by atoms with Crippen LogP contribution in [0.5, 0.6) is 0 Å². The third-order valence-corrected chi connectivity index (χ3v) is 3.26. The Labute approximate surface area is 107 Å². The fourth-order valence-electron chi connectivity index (χ4n) is 2.44. The van der Waals surface area contributed by atoms with E-state index in [9.17, 15) is 9.59 Å². The van der Waals surface area contributed by atoms with E-state index in [2.05, 4.69) is 11.4 Å². The summed E-state index contributed by atoms with van der Waals surface area (Å²) in [6.07, 6.45) is 0.298. The zero-order valence-corrected chi connectivity index (χ0v) is 11.0. The fourth-order valence-corrected chi connectivity index (χ4v) is 2.44. The van der Waals surface area contributed by atoms with Crippen molar-refractivity contribution in [2.45, 2.75) is 20.3 Å². The Morgan fingerprint density at radius 1 is 1.28 bits per heavy atom. The lowest BCUT2D eigenvalue weighted by molar-refractivity contribution is -0.125. The van der Waals surface area contributed by atoms with E-state index in [1.165, 1.54) is 0 Å². The van der Waals surface area contributed by atoms with Gasteiger partial charge in [0, 0.05) is 25.7 Å².